The molecular formula is C24H22N2O4S. The van der Waals surface area contributed by atoms with Crippen molar-refractivity contribution in [3.63, 3.8) is 0 Å². The molecule has 1 saturated heterocycles. The SMILES string of the molecule is COC(=O)C1c2sc(-c3ccccc3C)cc2C2CN1C(=O)N2OCc1ccccc1. The summed E-state index contributed by atoms with van der Waals surface area (Å²) >= 11 is 1.54. The first kappa shape index (κ1) is 19.8. The van der Waals surface area contributed by atoms with Crippen LogP contribution in [-0.2, 0) is 21.0 Å². The number of nitrogens with zero attached hydrogens (tertiary/aromatic N) is 2. The molecule has 2 aromatic carbocycles. The Labute approximate surface area is 184 Å². The molecule has 2 aliphatic rings. The molecule has 2 aliphatic heterocycles. The van der Waals surface area contributed by atoms with Crippen LogP contribution in [0, 0.1) is 6.92 Å². The van der Waals surface area contributed by atoms with E-state index in [1.54, 1.807) is 16.2 Å². The van der Waals surface area contributed by atoms with Crippen molar-refractivity contribution < 1.29 is 19.2 Å². The van der Waals surface area contributed by atoms with E-state index in [-0.39, 0.29) is 18.7 Å². The van der Waals surface area contributed by atoms with Crippen molar-refractivity contribution in [2.24, 2.45) is 0 Å². The molecule has 31 heavy (non-hydrogen) atoms. The predicted octanol–water partition coefficient (Wildman–Crippen LogP) is 4.86. The number of rotatable bonds is 5. The Morgan fingerprint density at radius 2 is 1.87 bits per heavy atom. The zero-order valence-corrected chi connectivity index (χ0v) is 18.1. The van der Waals surface area contributed by atoms with E-state index in [2.05, 4.69) is 25.1 Å². The maximum atomic E-state index is 13.1. The van der Waals surface area contributed by atoms with Gasteiger partial charge in [-0.3, -0.25) is 4.84 Å². The molecule has 3 heterocycles. The summed E-state index contributed by atoms with van der Waals surface area (Å²) < 4.78 is 5.06. The highest BCUT2D eigenvalue weighted by molar-refractivity contribution is 7.16. The van der Waals surface area contributed by atoms with E-state index in [1.165, 1.54) is 12.2 Å². The summed E-state index contributed by atoms with van der Waals surface area (Å²) in [7, 11) is 1.36. The number of carbonyl (C=O) groups excluding carboxylic acids is 2. The molecule has 7 heteroatoms. The quantitative estimate of drug-likeness (QED) is 0.538. The van der Waals surface area contributed by atoms with E-state index < -0.39 is 12.0 Å². The topological polar surface area (TPSA) is 59.1 Å². The highest BCUT2D eigenvalue weighted by atomic mass is 32.1. The first-order valence-electron chi connectivity index (χ1n) is 10.1. The van der Waals surface area contributed by atoms with E-state index in [9.17, 15) is 9.59 Å². The number of methoxy groups -OCH3 is 1. The molecule has 2 unspecified atom stereocenters. The number of hydrogen-bond acceptors (Lipinski definition) is 5. The number of carbonyl (C=O) groups is 2. The third-order valence-corrected chi connectivity index (χ3v) is 7.08. The number of hydroxylamine groups is 2. The minimum Gasteiger partial charge on any atom is -0.467 e. The molecule has 158 valence electrons. The highest BCUT2D eigenvalue weighted by Crippen LogP contribution is 2.50. The van der Waals surface area contributed by atoms with Gasteiger partial charge in [-0.05, 0) is 35.2 Å². The average Bonchev–Trinajstić information content (AvgIpc) is 3.34. The summed E-state index contributed by atoms with van der Waals surface area (Å²) in [5.41, 5.74) is 4.21. The molecule has 0 N–H and O–H groups in total. The fourth-order valence-electron chi connectivity index (χ4n) is 4.27. The van der Waals surface area contributed by atoms with Gasteiger partial charge in [0, 0.05) is 9.75 Å². The molecule has 3 aromatic rings. The monoisotopic (exact) mass is 434 g/mol. The zero-order valence-electron chi connectivity index (χ0n) is 17.3. The number of hydrogen-bond donors (Lipinski definition) is 0. The molecular weight excluding hydrogens is 412 g/mol. The predicted molar refractivity (Wildman–Crippen MR) is 117 cm³/mol. The van der Waals surface area contributed by atoms with Gasteiger partial charge in [0.25, 0.3) is 0 Å². The summed E-state index contributed by atoms with van der Waals surface area (Å²) in [6, 6.07) is 18.7. The molecule has 0 saturated carbocycles. The number of fused-ring (bicyclic) bond motifs is 4. The molecule has 2 amide bonds. The standard InChI is InChI=1S/C24H22N2O4S/c1-15-8-6-7-11-17(15)20-12-18-19-13-25(21(22(18)31-20)23(27)29-2)24(28)26(19)30-14-16-9-4-3-5-10-16/h3-12,19,21H,13-14H2,1-2H3. The van der Waals surface area contributed by atoms with E-state index >= 15 is 0 Å². The lowest BCUT2D eigenvalue weighted by atomic mass is 9.98. The van der Waals surface area contributed by atoms with Gasteiger partial charge in [0.05, 0.1) is 13.7 Å². The maximum Gasteiger partial charge on any atom is 0.345 e. The second-order valence-corrected chi connectivity index (χ2v) is 8.79. The van der Waals surface area contributed by atoms with Gasteiger partial charge in [0.2, 0.25) is 0 Å². The van der Waals surface area contributed by atoms with Crippen LogP contribution >= 0.6 is 11.3 Å². The molecule has 0 aliphatic carbocycles. The lowest BCUT2D eigenvalue weighted by Gasteiger charge is -2.28. The van der Waals surface area contributed by atoms with Gasteiger partial charge in [-0.2, -0.15) is 5.06 Å². The maximum absolute atomic E-state index is 13.1. The number of amides is 2. The van der Waals surface area contributed by atoms with Crippen LogP contribution in [0.4, 0.5) is 4.79 Å². The Bertz CT molecular complexity index is 1140. The number of thiophene rings is 1. The van der Waals surface area contributed by atoms with Gasteiger partial charge in [0.15, 0.2) is 6.04 Å². The lowest BCUT2D eigenvalue weighted by Crippen LogP contribution is -2.38. The molecule has 0 spiro atoms. The first-order chi connectivity index (χ1) is 15.1. The summed E-state index contributed by atoms with van der Waals surface area (Å²) in [5.74, 6) is -0.434. The van der Waals surface area contributed by atoms with Crippen molar-refractivity contribution in [3.05, 3.63) is 82.2 Å². The fourth-order valence-corrected chi connectivity index (χ4v) is 5.68. The van der Waals surface area contributed by atoms with E-state index in [0.717, 1.165) is 32.0 Å². The minimum atomic E-state index is -0.753. The fraction of sp³-hybridized carbons (Fsp3) is 0.250. The summed E-state index contributed by atoms with van der Waals surface area (Å²) in [4.78, 5) is 35.3. The van der Waals surface area contributed by atoms with E-state index in [1.807, 2.05) is 42.5 Å². The molecule has 5 rings (SSSR count). The van der Waals surface area contributed by atoms with Crippen LogP contribution in [0.15, 0.2) is 60.7 Å². The van der Waals surface area contributed by atoms with Gasteiger partial charge in [-0.1, -0.05) is 54.6 Å². The molecule has 1 fully saturated rings. The molecule has 2 atom stereocenters. The zero-order chi connectivity index (χ0) is 21.5. The first-order valence-corrected chi connectivity index (χ1v) is 10.9. The van der Waals surface area contributed by atoms with Gasteiger partial charge < -0.3 is 9.64 Å². The number of aryl methyl sites for hydroxylation is 1. The number of urea groups is 1. The van der Waals surface area contributed by atoms with Gasteiger partial charge >= 0.3 is 12.0 Å². The highest BCUT2D eigenvalue weighted by Gasteiger charge is 2.52. The van der Waals surface area contributed by atoms with Gasteiger partial charge in [-0.15, -0.1) is 11.3 Å². The van der Waals surface area contributed by atoms with Crippen LogP contribution in [0.5, 0.6) is 0 Å². The second kappa shape index (κ2) is 7.83. The van der Waals surface area contributed by atoms with Crippen LogP contribution < -0.4 is 0 Å². The van der Waals surface area contributed by atoms with Crippen molar-refractivity contribution in [3.8, 4) is 10.4 Å². The molecule has 1 aromatic heterocycles. The summed E-state index contributed by atoms with van der Waals surface area (Å²) in [6.45, 7) is 2.74. The van der Waals surface area contributed by atoms with E-state index in [0.29, 0.717) is 6.54 Å². The van der Waals surface area contributed by atoms with Crippen molar-refractivity contribution in [2.45, 2.75) is 25.6 Å². The Kier molecular flexibility index (Phi) is 5.00. The third-order valence-electron chi connectivity index (χ3n) is 5.85. The largest absolute Gasteiger partial charge is 0.467 e. The van der Waals surface area contributed by atoms with Crippen molar-refractivity contribution >= 4 is 23.3 Å². The normalized spacial score (nSPS) is 19.5. The number of ether oxygens (including phenoxy) is 1. The van der Waals surface area contributed by atoms with Crippen LogP contribution in [0.2, 0.25) is 0 Å². The van der Waals surface area contributed by atoms with Crippen molar-refractivity contribution in [2.75, 3.05) is 13.7 Å². The summed E-state index contributed by atoms with van der Waals surface area (Å²) in [6.07, 6.45) is 0. The smallest absolute Gasteiger partial charge is 0.345 e. The Hall–Kier alpha value is -3.16. The van der Waals surface area contributed by atoms with Crippen LogP contribution in [0.3, 0.4) is 0 Å². The summed E-state index contributed by atoms with van der Waals surface area (Å²) in [5, 5.41) is 1.42. The van der Waals surface area contributed by atoms with Crippen LogP contribution in [0.25, 0.3) is 10.4 Å². The minimum absolute atomic E-state index is 0.263. The van der Waals surface area contributed by atoms with Crippen molar-refractivity contribution in [1.29, 1.82) is 0 Å². The lowest BCUT2D eigenvalue weighted by molar-refractivity contribution is -0.146. The molecule has 0 radical (unpaired) electrons. The third kappa shape index (κ3) is 3.30. The Balaban J connectivity index is 1.53. The second-order valence-electron chi connectivity index (χ2n) is 7.71. The van der Waals surface area contributed by atoms with Crippen LogP contribution in [0.1, 0.15) is 33.7 Å². The molecule has 2 bridgehead atoms. The van der Waals surface area contributed by atoms with Crippen molar-refractivity contribution in [1.82, 2.24) is 9.96 Å². The van der Waals surface area contributed by atoms with Gasteiger partial charge in [-0.25, -0.2) is 9.59 Å². The Morgan fingerprint density at radius 1 is 1.13 bits per heavy atom. The average molecular weight is 435 g/mol. The van der Waals surface area contributed by atoms with E-state index in [4.69, 9.17) is 9.57 Å². The number of benzene rings is 2. The molecule has 6 nitrogen and oxygen atoms in total. The van der Waals surface area contributed by atoms with Gasteiger partial charge in [0.1, 0.15) is 12.6 Å². The number of esters is 1. The Morgan fingerprint density at radius 3 is 2.61 bits per heavy atom. The van der Waals surface area contributed by atoms with Crippen LogP contribution in [-0.4, -0.2) is 35.6 Å².